The van der Waals surface area contributed by atoms with Gasteiger partial charge in [-0.05, 0) is 25.5 Å². The molecule has 3 nitrogen and oxygen atoms in total. The predicted molar refractivity (Wildman–Crippen MR) is 68.4 cm³/mol. The molecular weight excluding hydrogens is 222 g/mol. The van der Waals surface area contributed by atoms with Crippen molar-refractivity contribution in [2.75, 3.05) is 27.4 Å². The molecule has 0 aromatic carbocycles. The van der Waals surface area contributed by atoms with Gasteiger partial charge < -0.3 is 14.8 Å². The smallest absolute Gasteiger partial charge is 0.129 e. The Morgan fingerprint density at radius 3 is 2.81 bits per heavy atom. The van der Waals surface area contributed by atoms with E-state index in [4.69, 9.17) is 9.47 Å². The molecule has 1 atom stereocenters. The van der Waals surface area contributed by atoms with Crippen molar-refractivity contribution in [3.8, 4) is 5.75 Å². The maximum atomic E-state index is 5.21. The molecule has 0 aliphatic rings. The van der Waals surface area contributed by atoms with E-state index in [9.17, 15) is 0 Å². The molecule has 92 valence electrons. The van der Waals surface area contributed by atoms with Crippen LogP contribution in [0.4, 0.5) is 0 Å². The second-order valence-corrected chi connectivity index (χ2v) is 4.58. The molecule has 16 heavy (non-hydrogen) atoms. The molecule has 1 aromatic rings. The lowest BCUT2D eigenvalue weighted by atomic mass is 10.1. The quantitative estimate of drug-likeness (QED) is 0.712. The number of methoxy groups -OCH3 is 2. The molecule has 1 rings (SSSR count). The molecule has 1 unspecified atom stereocenters. The minimum atomic E-state index is 0.425. The molecule has 1 N–H and O–H groups in total. The molecule has 0 spiro atoms. The number of ether oxygens (including phenoxy) is 2. The zero-order chi connectivity index (χ0) is 11.8. The largest absolute Gasteiger partial charge is 0.496 e. The topological polar surface area (TPSA) is 30.5 Å². The van der Waals surface area contributed by atoms with E-state index < -0.39 is 0 Å². The lowest BCUT2D eigenvalue weighted by Crippen LogP contribution is -2.20. The first-order chi connectivity index (χ1) is 7.81. The summed E-state index contributed by atoms with van der Waals surface area (Å²) in [5.74, 6) is 0.953. The van der Waals surface area contributed by atoms with Crippen LogP contribution in [0.15, 0.2) is 11.4 Å². The molecule has 0 aliphatic heterocycles. The first-order valence-electron chi connectivity index (χ1n) is 5.66. The van der Waals surface area contributed by atoms with Crippen LogP contribution < -0.4 is 10.1 Å². The maximum Gasteiger partial charge on any atom is 0.129 e. The fourth-order valence-corrected chi connectivity index (χ4v) is 2.61. The van der Waals surface area contributed by atoms with E-state index in [1.54, 1.807) is 25.6 Å². The number of hydrogen-bond acceptors (Lipinski definition) is 4. The Morgan fingerprint density at radius 2 is 2.25 bits per heavy atom. The first-order valence-corrected chi connectivity index (χ1v) is 6.54. The van der Waals surface area contributed by atoms with Crippen LogP contribution in [0.25, 0.3) is 0 Å². The average Bonchev–Trinajstić information content (AvgIpc) is 2.76. The van der Waals surface area contributed by atoms with E-state index in [1.165, 1.54) is 4.88 Å². The normalized spacial score (nSPS) is 12.7. The zero-order valence-corrected chi connectivity index (χ0v) is 11.1. The molecule has 0 fully saturated rings. The van der Waals surface area contributed by atoms with Crippen molar-refractivity contribution in [3.63, 3.8) is 0 Å². The third kappa shape index (κ3) is 4.12. The summed E-state index contributed by atoms with van der Waals surface area (Å²) in [5.41, 5.74) is 0. The van der Waals surface area contributed by atoms with Gasteiger partial charge in [0.05, 0.1) is 7.11 Å². The highest BCUT2D eigenvalue weighted by molar-refractivity contribution is 7.10. The maximum absolute atomic E-state index is 5.21. The zero-order valence-electron chi connectivity index (χ0n) is 10.3. The van der Waals surface area contributed by atoms with Crippen LogP contribution in [0.2, 0.25) is 0 Å². The van der Waals surface area contributed by atoms with Gasteiger partial charge >= 0.3 is 0 Å². The summed E-state index contributed by atoms with van der Waals surface area (Å²) in [4.78, 5) is 1.34. The highest BCUT2D eigenvalue weighted by Gasteiger charge is 2.12. The fourth-order valence-electron chi connectivity index (χ4n) is 1.65. The van der Waals surface area contributed by atoms with Gasteiger partial charge in [-0.15, -0.1) is 11.3 Å². The van der Waals surface area contributed by atoms with Gasteiger partial charge in [0.15, 0.2) is 0 Å². The van der Waals surface area contributed by atoms with Crippen LogP contribution in [0, 0.1) is 0 Å². The van der Waals surface area contributed by atoms with Crippen molar-refractivity contribution < 1.29 is 9.47 Å². The van der Waals surface area contributed by atoms with Gasteiger partial charge in [-0.3, -0.25) is 0 Å². The van der Waals surface area contributed by atoms with Crippen molar-refractivity contribution in [2.45, 2.75) is 25.8 Å². The average molecular weight is 243 g/mol. The monoisotopic (exact) mass is 243 g/mol. The molecule has 1 aromatic heterocycles. The summed E-state index contributed by atoms with van der Waals surface area (Å²) in [7, 11) is 3.45. The molecule has 4 heteroatoms. The molecule has 0 amide bonds. The molecule has 0 aliphatic carbocycles. The summed E-state index contributed by atoms with van der Waals surface area (Å²) in [6, 6.07) is 2.54. The summed E-state index contributed by atoms with van der Waals surface area (Å²) in [5, 5.41) is 5.55. The molecule has 0 radical (unpaired) electrons. The van der Waals surface area contributed by atoms with Gasteiger partial charge in [0, 0.05) is 30.0 Å². The third-order valence-electron chi connectivity index (χ3n) is 2.47. The molecular formula is C12H21NO2S. The Morgan fingerprint density at radius 1 is 1.44 bits per heavy atom. The van der Waals surface area contributed by atoms with Crippen LogP contribution in [-0.2, 0) is 4.74 Å². The van der Waals surface area contributed by atoms with Crippen LogP contribution in [0.1, 0.15) is 30.7 Å². The second-order valence-electron chi connectivity index (χ2n) is 3.63. The van der Waals surface area contributed by atoms with Gasteiger partial charge in [-0.1, -0.05) is 6.92 Å². The van der Waals surface area contributed by atoms with Gasteiger partial charge in [-0.2, -0.15) is 0 Å². The minimum Gasteiger partial charge on any atom is -0.496 e. The second kappa shape index (κ2) is 7.65. The first kappa shape index (κ1) is 13.5. The van der Waals surface area contributed by atoms with Crippen molar-refractivity contribution in [2.24, 2.45) is 0 Å². The summed E-state index contributed by atoms with van der Waals surface area (Å²) in [6.07, 6.45) is 2.18. The van der Waals surface area contributed by atoms with E-state index >= 15 is 0 Å². The van der Waals surface area contributed by atoms with Crippen LogP contribution >= 0.6 is 11.3 Å². The lowest BCUT2D eigenvalue weighted by molar-refractivity contribution is 0.189. The van der Waals surface area contributed by atoms with Crippen LogP contribution in [0.5, 0.6) is 5.75 Å². The number of rotatable bonds is 8. The van der Waals surface area contributed by atoms with Gasteiger partial charge in [0.2, 0.25) is 0 Å². The lowest BCUT2D eigenvalue weighted by Gasteiger charge is -2.15. The number of nitrogens with one attached hydrogen (secondary N) is 1. The van der Waals surface area contributed by atoms with Gasteiger partial charge in [0.25, 0.3) is 0 Å². The fraction of sp³-hybridized carbons (Fsp3) is 0.667. The van der Waals surface area contributed by atoms with E-state index in [0.29, 0.717) is 6.04 Å². The van der Waals surface area contributed by atoms with E-state index in [0.717, 1.165) is 31.7 Å². The van der Waals surface area contributed by atoms with E-state index in [1.807, 2.05) is 0 Å². The Labute approximate surface area is 102 Å². The molecule has 0 saturated carbocycles. The Balaban J connectivity index is 2.54. The highest BCUT2D eigenvalue weighted by atomic mass is 32.1. The minimum absolute atomic E-state index is 0.425. The van der Waals surface area contributed by atoms with Crippen LogP contribution in [-0.4, -0.2) is 27.4 Å². The van der Waals surface area contributed by atoms with Gasteiger partial charge in [-0.25, -0.2) is 0 Å². The number of thiophene rings is 1. The standard InChI is InChI=1S/C12H21NO2S/c1-4-13-11(6-5-7-14-2)12-8-10(15-3)9-16-12/h8-9,11,13H,4-7H2,1-3H3. The van der Waals surface area contributed by atoms with Crippen molar-refractivity contribution in [1.82, 2.24) is 5.32 Å². The van der Waals surface area contributed by atoms with Crippen molar-refractivity contribution >= 4 is 11.3 Å². The van der Waals surface area contributed by atoms with E-state index in [2.05, 4.69) is 23.7 Å². The summed E-state index contributed by atoms with van der Waals surface area (Å²) < 4.78 is 10.3. The SMILES string of the molecule is CCNC(CCCOC)c1cc(OC)cs1. The van der Waals surface area contributed by atoms with Crippen molar-refractivity contribution in [1.29, 1.82) is 0 Å². The highest BCUT2D eigenvalue weighted by Crippen LogP contribution is 2.29. The predicted octanol–water partition coefficient (Wildman–Crippen LogP) is 2.83. The Hall–Kier alpha value is -0.580. The Bertz CT molecular complexity index is 288. The van der Waals surface area contributed by atoms with Gasteiger partial charge in [0.1, 0.15) is 5.75 Å². The number of hydrogen-bond donors (Lipinski definition) is 1. The molecule has 0 bridgehead atoms. The molecule has 0 saturated heterocycles. The summed E-state index contributed by atoms with van der Waals surface area (Å²) >= 11 is 1.75. The Kier molecular flexibility index (Phi) is 6.45. The van der Waals surface area contributed by atoms with Crippen LogP contribution in [0.3, 0.4) is 0 Å². The molecule has 1 heterocycles. The summed E-state index contributed by atoms with van der Waals surface area (Å²) in [6.45, 7) is 3.94. The third-order valence-corrected chi connectivity index (χ3v) is 3.49. The van der Waals surface area contributed by atoms with E-state index in [-0.39, 0.29) is 0 Å². The van der Waals surface area contributed by atoms with Crippen molar-refractivity contribution in [3.05, 3.63) is 16.3 Å².